The van der Waals surface area contributed by atoms with Gasteiger partial charge in [-0.15, -0.1) is 0 Å². The maximum atomic E-state index is 11.4. The number of carbonyl (C=O) groups excluding carboxylic acids is 1. The van der Waals surface area contributed by atoms with E-state index in [1.54, 1.807) is 6.92 Å². The normalized spacial score (nSPS) is 16.5. The van der Waals surface area contributed by atoms with Crippen LogP contribution in [0.4, 0.5) is 0 Å². The molecule has 7 heteroatoms. The van der Waals surface area contributed by atoms with Gasteiger partial charge in [0.25, 0.3) is 0 Å². The molecule has 0 aromatic carbocycles. The summed E-state index contributed by atoms with van der Waals surface area (Å²) >= 11 is 1.49. The molecule has 0 fully saturated rings. The van der Waals surface area contributed by atoms with E-state index in [1.165, 1.54) is 25.2 Å². The summed E-state index contributed by atoms with van der Waals surface area (Å²) in [6, 6.07) is 0. The Hall–Kier alpha value is -1.08. The molecule has 2 atom stereocenters. The van der Waals surface area contributed by atoms with Crippen molar-refractivity contribution < 1.29 is 9.53 Å². The number of nitrogens with one attached hydrogen (secondary N) is 1. The number of nitrogens with two attached hydrogens (primary N) is 1. The van der Waals surface area contributed by atoms with Gasteiger partial charge in [-0.05, 0) is 13.3 Å². The van der Waals surface area contributed by atoms with Crippen LogP contribution < -0.4 is 5.73 Å². The summed E-state index contributed by atoms with van der Waals surface area (Å²) in [5, 5.41) is 7.34. The molecule has 6 nitrogen and oxygen atoms in total. The van der Waals surface area contributed by atoms with E-state index < -0.39 is 11.5 Å². The zero-order valence-electron chi connectivity index (χ0n) is 9.56. The molecule has 0 aliphatic rings. The molecule has 90 valence electrons. The lowest BCUT2D eigenvalue weighted by atomic mass is 9.98. The monoisotopic (exact) mass is 244 g/mol. The standard InChI is InChI=1S/C9H16N4O2S/c1-6(16-8-11-5-12-13-8)4-9(2,10)7(14)15-3/h5-6H,4,10H2,1-3H3,(H,11,12,13). The quantitative estimate of drug-likeness (QED) is 0.581. The van der Waals surface area contributed by atoms with Crippen LogP contribution in [0.15, 0.2) is 11.5 Å². The summed E-state index contributed by atoms with van der Waals surface area (Å²) in [7, 11) is 1.34. The van der Waals surface area contributed by atoms with Crippen molar-refractivity contribution in [3.05, 3.63) is 6.33 Å². The summed E-state index contributed by atoms with van der Waals surface area (Å²) in [4.78, 5) is 15.4. The van der Waals surface area contributed by atoms with E-state index in [9.17, 15) is 4.79 Å². The number of hydrogen-bond donors (Lipinski definition) is 2. The highest BCUT2D eigenvalue weighted by molar-refractivity contribution is 7.99. The van der Waals surface area contributed by atoms with E-state index in [2.05, 4.69) is 19.9 Å². The number of carbonyl (C=O) groups is 1. The average Bonchev–Trinajstić information content (AvgIpc) is 2.67. The molecule has 2 unspecified atom stereocenters. The van der Waals surface area contributed by atoms with E-state index in [1.807, 2.05) is 6.92 Å². The number of ether oxygens (including phenoxy) is 1. The first-order valence-corrected chi connectivity index (χ1v) is 5.73. The van der Waals surface area contributed by atoms with Crippen LogP contribution in [-0.4, -0.2) is 39.0 Å². The molecule has 1 aromatic heterocycles. The topological polar surface area (TPSA) is 93.9 Å². The fraction of sp³-hybridized carbons (Fsp3) is 0.667. The summed E-state index contributed by atoms with van der Waals surface area (Å²) in [5.41, 5.74) is 4.90. The van der Waals surface area contributed by atoms with Gasteiger partial charge >= 0.3 is 5.97 Å². The maximum Gasteiger partial charge on any atom is 0.325 e. The van der Waals surface area contributed by atoms with Gasteiger partial charge in [-0.25, -0.2) is 4.98 Å². The summed E-state index contributed by atoms with van der Waals surface area (Å²) in [6.45, 7) is 3.64. The van der Waals surface area contributed by atoms with Crippen molar-refractivity contribution in [3.8, 4) is 0 Å². The molecular formula is C9H16N4O2S. The van der Waals surface area contributed by atoms with Crippen LogP contribution in [0.3, 0.4) is 0 Å². The van der Waals surface area contributed by atoms with Gasteiger partial charge in [0.15, 0.2) is 5.16 Å². The summed E-state index contributed by atoms with van der Waals surface area (Å²) in [6.07, 6.45) is 1.95. The number of esters is 1. The Bertz CT molecular complexity index is 339. The molecule has 0 amide bonds. The Morgan fingerprint density at radius 3 is 3.00 bits per heavy atom. The average molecular weight is 244 g/mol. The van der Waals surface area contributed by atoms with E-state index in [0.29, 0.717) is 11.6 Å². The Morgan fingerprint density at radius 1 is 1.81 bits per heavy atom. The second kappa shape index (κ2) is 5.31. The Labute approximate surface area is 98.3 Å². The largest absolute Gasteiger partial charge is 0.468 e. The van der Waals surface area contributed by atoms with Gasteiger partial charge in [-0.3, -0.25) is 9.89 Å². The Kier molecular flexibility index (Phi) is 4.31. The van der Waals surface area contributed by atoms with Crippen molar-refractivity contribution in [2.24, 2.45) is 5.73 Å². The lowest BCUT2D eigenvalue weighted by Crippen LogP contribution is -2.47. The number of rotatable bonds is 5. The number of H-pyrrole nitrogens is 1. The van der Waals surface area contributed by atoms with Crippen molar-refractivity contribution in [2.45, 2.75) is 36.2 Å². The zero-order chi connectivity index (χ0) is 12.2. The molecule has 1 aromatic rings. The molecule has 0 spiro atoms. The smallest absolute Gasteiger partial charge is 0.325 e. The third-order valence-corrected chi connectivity index (χ3v) is 3.06. The third-order valence-electron chi connectivity index (χ3n) is 2.07. The molecule has 0 saturated heterocycles. The van der Waals surface area contributed by atoms with Gasteiger partial charge in [-0.2, -0.15) is 5.10 Å². The van der Waals surface area contributed by atoms with Gasteiger partial charge in [0.1, 0.15) is 11.9 Å². The zero-order valence-corrected chi connectivity index (χ0v) is 10.4. The molecule has 16 heavy (non-hydrogen) atoms. The number of hydrogen-bond acceptors (Lipinski definition) is 6. The SMILES string of the molecule is COC(=O)C(C)(N)CC(C)Sc1ncn[nH]1. The van der Waals surface area contributed by atoms with Crippen molar-refractivity contribution in [3.63, 3.8) is 0 Å². The van der Waals surface area contributed by atoms with Gasteiger partial charge in [0.05, 0.1) is 7.11 Å². The lowest BCUT2D eigenvalue weighted by molar-refractivity contribution is -0.146. The third kappa shape index (κ3) is 3.49. The van der Waals surface area contributed by atoms with Gasteiger partial charge in [0.2, 0.25) is 0 Å². The molecule has 0 radical (unpaired) electrons. The predicted octanol–water partition coefficient (Wildman–Crippen LogP) is 0.566. The van der Waals surface area contributed by atoms with Crippen molar-refractivity contribution in [1.82, 2.24) is 15.2 Å². The molecule has 0 aliphatic heterocycles. The molecule has 0 saturated carbocycles. The van der Waals surface area contributed by atoms with Crippen LogP contribution in [0.2, 0.25) is 0 Å². The van der Waals surface area contributed by atoms with Crippen LogP contribution >= 0.6 is 11.8 Å². The first-order valence-electron chi connectivity index (χ1n) is 4.85. The minimum Gasteiger partial charge on any atom is -0.468 e. The first kappa shape index (κ1) is 13.0. The molecule has 3 N–H and O–H groups in total. The Morgan fingerprint density at radius 2 is 2.50 bits per heavy atom. The van der Waals surface area contributed by atoms with Crippen LogP contribution in [-0.2, 0) is 9.53 Å². The Balaban J connectivity index is 2.50. The van der Waals surface area contributed by atoms with Crippen LogP contribution in [0.1, 0.15) is 20.3 Å². The van der Waals surface area contributed by atoms with E-state index in [4.69, 9.17) is 5.73 Å². The van der Waals surface area contributed by atoms with Crippen molar-refractivity contribution >= 4 is 17.7 Å². The minimum atomic E-state index is -0.971. The maximum absolute atomic E-state index is 11.4. The van der Waals surface area contributed by atoms with Gasteiger partial charge in [0, 0.05) is 5.25 Å². The van der Waals surface area contributed by atoms with Crippen LogP contribution in [0.5, 0.6) is 0 Å². The summed E-state index contributed by atoms with van der Waals surface area (Å²) < 4.78 is 4.64. The number of thioether (sulfide) groups is 1. The molecule has 0 bridgehead atoms. The number of nitrogens with zero attached hydrogens (tertiary/aromatic N) is 2. The predicted molar refractivity (Wildman–Crippen MR) is 60.9 cm³/mol. The first-order chi connectivity index (χ1) is 7.45. The highest BCUT2D eigenvalue weighted by Gasteiger charge is 2.31. The molecule has 1 rings (SSSR count). The second-order valence-corrected chi connectivity index (χ2v) is 5.26. The molecular weight excluding hydrogens is 228 g/mol. The second-order valence-electron chi connectivity index (χ2n) is 3.83. The number of aromatic nitrogens is 3. The van der Waals surface area contributed by atoms with Crippen LogP contribution in [0, 0.1) is 0 Å². The lowest BCUT2D eigenvalue weighted by Gasteiger charge is -2.24. The molecule has 1 heterocycles. The fourth-order valence-corrected chi connectivity index (χ4v) is 2.42. The van der Waals surface area contributed by atoms with E-state index >= 15 is 0 Å². The number of aromatic amines is 1. The van der Waals surface area contributed by atoms with Crippen molar-refractivity contribution in [1.29, 1.82) is 0 Å². The highest BCUT2D eigenvalue weighted by Crippen LogP contribution is 2.25. The summed E-state index contributed by atoms with van der Waals surface area (Å²) in [5.74, 6) is -0.405. The fourth-order valence-electron chi connectivity index (χ4n) is 1.40. The number of methoxy groups -OCH3 is 1. The molecule has 0 aliphatic carbocycles. The van der Waals surface area contributed by atoms with Crippen LogP contribution in [0.25, 0.3) is 0 Å². The van der Waals surface area contributed by atoms with E-state index in [0.717, 1.165) is 0 Å². The highest BCUT2D eigenvalue weighted by atomic mass is 32.2. The minimum absolute atomic E-state index is 0.141. The van der Waals surface area contributed by atoms with E-state index in [-0.39, 0.29) is 5.25 Å². The van der Waals surface area contributed by atoms with Gasteiger partial charge < -0.3 is 10.5 Å². The van der Waals surface area contributed by atoms with Gasteiger partial charge in [-0.1, -0.05) is 18.7 Å². The van der Waals surface area contributed by atoms with Crippen molar-refractivity contribution in [2.75, 3.05) is 7.11 Å².